The summed E-state index contributed by atoms with van der Waals surface area (Å²) in [7, 11) is 0. The Kier molecular flexibility index (Phi) is 14.9. The fraction of sp³-hybridized carbons (Fsp3) is 0.371. The standard InChI is InChI=1S/C62H63F2N11O7/c1-6-46-49(63)18-17-40-24-43(76)26-47(53(40)46)55-58(56-48(29-67-55)59(73-30-41-25-42(73)28-66-41)69-62(68-56)82-45-19-22-80-23-20-45)81-33-36-9-11-38(12-10-36)51-32-75(71-70-51)57(34(2)3)61(79)74-31-44(77)27-52(74)60(78)72(5)35(4)37-13-15-39(16-14-37)54-50(64)8-7-21-65-54/h7-18,21,24,26,29,32,34-35,41-42,44-45,52,57,66,77H,5-6,19-20,22-23,25,27-28,30-31,33H2,1-4H3/p+1/t35-,41-,42-,44+,52-,57-/m0/s1. The van der Waals surface area contributed by atoms with E-state index in [4.69, 9.17) is 29.2 Å². The molecule has 82 heavy (non-hydrogen) atoms. The van der Waals surface area contributed by atoms with Gasteiger partial charge in [0.05, 0.1) is 30.9 Å². The summed E-state index contributed by atoms with van der Waals surface area (Å²) in [4.78, 5) is 52.0. The van der Waals surface area contributed by atoms with Crippen LogP contribution >= 0.6 is 0 Å². The number of aliphatic hydroxyl groups excluding tert-OH is 1. The number of fused-ring (bicyclic) bond motifs is 4. The number of carbonyl (C=O) groups excluding carboxylic acids is 2. The third-order valence-electron chi connectivity index (χ3n) is 16.5. The Morgan fingerprint density at radius 2 is 1.71 bits per heavy atom. The minimum absolute atomic E-state index is 0.0182. The number of aryl methyl sites for hydroxylation is 1. The van der Waals surface area contributed by atoms with E-state index in [1.807, 2.05) is 52.0 Å². The van der Waals surface area contributed by atoms with E-state index in [0.717, 1.165) is 30.6 Å². The molecule has 4 saturated heterocycles. The third-order valence-corrected chi connectivity index (χ3v) is 16.5. The second kappa shape index (κ2) is 22.5. The molecule has 0 unspecified atom stereocenters. The maximum Gasteiger partial charge on any atom is 0.409 e. The van der Waals surface area contributed by atoms with Crippen LogP contribution in [0.4, 0.5) is 14.6 Å². The van der Waals surface area contributed by atoms with Gasteiger partial charge in [-0.1, -0.05) is 80.6 Å². The van der Waals surface area contributed by atoms with Gasteiger partial charge < -0.3 is 39.5 Å². The van der Waals surface area contributed by atoms with Crippen molar-refractivity contribution in [3.8, 4) is 51.3 Å². The molecule has 4 aromatic heterocycles. The molecule has 18 nitrogen and oxygen atoms in total. The summed E-state index contributed by atoms with van der Waals surface area (Å²) in [5.41, 5.74) is 5.32. The summed E-state index contributed by atoms with van der Waals surface area (Å²) in [6.07, 6.45) is 6.64. The fourth-order valence-electron chi connectivity index (χ4n) is 12.1. The molecule has 4 aliphatic rings. The predicted molar refractivity (Wildman–Crippen MR) is 304 cm³/mol. The van der Waals surface area contributed by atoms with Gasteiger partial charge in [-0.05, 0) is 71.0 Å². The average molecular weight is 1110 g/mol. The first kappa shape index (κ1) is 54.3. The SMILES string of the molecule is C=[N+](C(=O)[C@@H]1C[C@@H](O)CN1C(=O)[C@H](C(C)C)n1cc(-c2ccc(COc3c(-c4cc(O)cc5ccc(F)c(CC)c45)ncc4c(N5C[C@@H]6C[C@H]5CN6)nc(OC5CCOCC5)nc34)cc2)nn1)[C@@H](C)c1ccc(-c2ncccc2F)cc1. The van der Waals surface area contributed by atoms with Crippen molar-refractivity contribution in [3.63, 3.8) is 0 Å². The van der Waals surface area contributed by atoms with Crippen molar-refractivity contribution in [2.24, 2.45) is 5.92 Å². The number of likely N-dealkylation sites (tertiary alicyclic amines) is 1. The molecule has 0 radical (unpaired) electrons. The molecule has 3 N–H and O–H groups in total. The van der Waals surface area contributed by atoms with E-state index in [1.165, 1.54) is 38.6 Å². The fourth-order valence-corrected chi connectivity index (χ4v) is 12.1. The number of β-amino-alcohol motifs (C(OH)–C–C–N with tert-alkyl or cyclic N) is 1. The van der Waals surface area contributed by atoms with Gasteiger partial charge in [-0.2, -0.15) is 14.5 Å². The van der Waals surface area contributed by atoms with Crippen molar-refractivity contribution < 1.29 is 47.4 Å². The van der Waals surface area contributed by atoms with Gasteiger partial charge in [-0.15, -0.1) is 5.10 Å². The number of phenolic OH excluding ortho intramolecular Hbond substituents is 1. The number of nitrogens with one attached hydrogen (secondary N) is 1. The van der Waals surface area contributed by atoms with Crippen LogP contribution in [0, 0.1) is 17.6 Å². The largest absolute Gasteiger partial charge is 0.508 e. The van der Waals surface area contributed by atoms with Crippen LogP contribution in [0.15, 0.2) is 104 Å². The number of anilines is 1. The lowest BCUT2D eigenvalue weighted by Gasteiger charge is -2.30. The first-order chi connectivity index (χ1) is 39.7. The average Bonchev–Trinajstić information content (AvgIpc) is 4.20. The predicted octanol–water partition coefficient (Wildman–Crippen LogP) is 8.56. The van der Waals surface area contributed by atoms with Gasteiger partial charge in [0.15, 0.2) is 17.8 Å². The van der Waals surface area contributed by atoms with Crippen molar-refractivity contribution in [2.45, 2.75) is 109 Å². The molecule has 12 rings (SSSR count). The highest BCUT2D eigenvalue weighted by Crippen LogP contribution is 2.45. The molecule has 0 aliphatic carbocycles. The lowest BCUT2D eigenvalue weighted by atomic mass is 9.94. The number of carbonyl (C=O) groups is 2. The number of rotatable bonds is 16. The van der Waals surface area contributed by atoms with Gasteiger partial charge in [0.1, 0.15) is 71.3 Å². The number of aromatic hydroxyl groups is 1. The van der Waals surface area contributed by atoms with E-state index in [2.05, 4.69) is 32.2 Å². The number of benzene rings is 4. The smallest absolute Gasteiger partial charge is 0.409 e. The molecule has 4 fully saturated rings. The Balaban J connectivity index is 0.818. The van der Waals surface area contributed by atoms with Crippen molar-refractivity contribution in [2.75, 3.05) is 37.7 Å². The zero-order valence-corrected chi connectivity index (χ0v) is 46.1. The minimum Gasteiger partial charge on any atom is -0.508 e. The van der Waals surface area contributed by atoms with Gasteiger partial charge in [0.25, 0.3) is 0 Å². The number of pyridine rings is 2. The van der Waals surface area contributed by atoms with Crippen molar-refractivity contribution >= 4 is 46.0 Å². The Morgan fingerprint density at radius 3 is 2.43 bits per heavy atom. The van der Waals surface area contributed by atoms with Crippen LogP contribution in [-0.4, -0.2) is 136 Å². The zero-order chi connectivity index (χ0) is 56.9. The van der Waals surface area contributed by atoms with E-state index in [9.17, 15) is 24.2 Å². The monoisotopic (exact) mass is 1110 g/mol. The molecule has 20 heteroatoms. The van der Waals surface area contributed by atoms with Crippen LogP contribution in [-0.2, 0) is 27.4 Å². The number of hydrogen-bond acceptors (Lipinski definition) is 15. The maximum atomic E-state index is 15.7. The van der Waals surface area contributed by atoms with Gasteiger partial charge in [-0.25, -0.2) is 18.3 Å². The van der Waals surface area contributed by atoms with Crippen LogP contribution < -0.4 is 19.7 Å². The Hall–Kier alpha value is -8.33. The van der Waals surface area contributed by atoms with E-state index >= 15 is 4.39 Å². The molecular formula is C62H64F2N11O7+. The molecule has 2 bridgehead atoms. The molecule has 422 valence electrons. The molecule has 2 amide bonds. The van der Waals surface area contributed by atoms with Crippen molar-refractivity contribution in [1.29, 1.82) is 0 Å². The van der Waals surface area contributed by atoms with Crippen molar-refractivity contribution in [3.05, 3.63) is 132 Å². The highest BCUT2D eigenvalue weighted by molar-refractivity contribution is 6.04. The topological polar surface area (TPSA) is 206 Å². The highest BCUT2D eigenvalue weighted by atomic mass is 19.1. The summed E-state index contributed by atoms with van der Waals surface area (Å²) in [5, 5.41) is 36.6. The normalized spacial score (nSPS) is 19.8. The number of nitrogens with zero attached hydrogens (tertiary/aromatic N) is 10. The molecule has 6 atom stereocenters. The molecule has 0 spiro atoms. The summed E-state index contributed by atoms with van der Waals surface area (Å²) in [5.74, 6) is -0.946. The summed E-state index contributed by atoms with van der Waals surface area (Å²) < 4.78 is 52.2. The minimum atomic E-state index is -0.986. The zero-order valence-electron chi connectivity index (χ0n) is 46.1. The quantitative estimate of drug-likeness (QED) is 0.0612. The summed E-state index contributed by atoms with van der Waals surface area (Å²) >= 11 is 0. The van der Waals surface area contributed by atoms with E-state index < -0.39 is 41.9 Å². The van der Waals surface area contributed by atoms with Crippen LogP contribution in [0.3, 0.4) is 0 Å². The number of piperazine rings is 1. The molecular weight excluding hydrogens is 1050 g/mol. The van der Waals surface area contributed by atoms with E-state index in [-0.39, 0.29) is 60.9 Å². The number of ether oxygens (including phenoxy) is 3. The Morgan fingerprint density at radius 1 is 0.927 bits per heavy atom. The third kappa shape index (κ3) is 10.4. The van der Waals surface area contributed by atoms with Crippen LogP contribution in [0.2, 0.25) is 0 Å². The van der Waals surface area contributed by atoms with Crippen LogP contribution in [0.25, 0.3) is 55.4 Å². The van der Waals surface area contributed by atoms with Gasteiger partial charge in [-0.3, -0.25) is 14.8 Å². The lowest BCUT2D eigenvalue weighted by Crippen LogP contribution is -2.48. The van der Waals surface area contributed by atoms with Gasteiger partial charge >= 0.3 is 11.9 Å². The van der Waals surface area contributed by atoms with E-state index in [0.29, 0.717) is 105 Å². The second-order valence-electron chi connectivity index (χ2n) is 22.2. The van der Waals surface area contributed by atoms with Crippen molar-refractivity contribution in [1.82, 2.24) is 45.1 Å². The second-order valence-corrected chi connectivity index (χ2v) is 22.2. The number of hydrogen-bond donors (Lipinski definition) is 3. The number of halogens is 2. The summed E-state index contributed by atoms with van der Waals surface area (Å²) in [6.45, 7) is 14.3. The number of aromatic nitrogens is 7. The molecule has 4 aromatic carbocycles. The first-order valence-corrected chi connectivity index (χ1v) is 28.1. The van der Waals surface area contributed by atoms with Gasteiger partial charge in [0.2, 0.25) is 5.91 Å². The molecule has 4 aliphatic heterocycles. The van der Waals surface area contributed by atoms with Gasteiger partial charge in [0, 0.05) is 92.6 Å². The molecule has 8 aromatic rings. The van der Waals surface area contributed by atoms with Crippen LogP contribution in [0.5, 0.6) is 17.5 Å². The first-order valence-electron chi connectivity index (χ1n) is 28.1. The maximum absolute atomic E-state index is 15.7. The lowest BCUT2D eigenvalue weighted by molar-refractivity contribution is -0.485. The molecule has 0 saturated carbocycles. The summed E-state index contributed by atoms with van der Waals surface area (Å²) in [6, 6.07) is 22.1. The Labute approximate surface area is 472 Å². The number of aliphatic hydroxyl groups is 1. The van der Waals surface area contributed by atoms with Crippen LogP contribution in [0.1, 0.15) is 82.2 Å². The number of amides is 2. The molecule has 8 heterocycles. The Bertz CT molecular complexity index is 3740. The highest BCUT2D eigenvalue weighted by Gasteiger charge is 2.47. The van der Waals surface area contributed by atoms with E-state index in [1.54, 1.807) is 54.9 Å². The number of phenols is 1.